The Labute approximate surface area is 279 Å². The summed E-state index contributed by atoms with van der Waals surface area (Å²) in [5.41, 5.74) is -0.292. The van der Waals surface area contributed by atoms with Gasteiger partial charge in [-0.2, -0.15) is 0 Å². The summed E-state index contributed by atoms with van der Waals surface area (Å²) < 4.78 is 12.3. The fraction of sp³-hybridized carbons (Fsp3) is 0.444. The van der Waals surface area contributed by atoms with Crippen LogP contribution in [0.5, 0.6) is 0 Å². The van der Waals surface area contributed by atoms with Gasteiger partial charge in [-0.15, -0.1) is 0 Å². The van der Waals surface area contributed by atoms with Crippen LogP contribution in [0.15, 0.2) is 78.9 Å². The summed E-state index contributed by atoms with van der Waals surface area (Å²) in [6.45, 7) is 3.69. The second-order valence-electron chi connectivity index (χ2n) is 13.0. The predicted octanol–water partition coefficient (Wildman–Crippen LogP) is 3.98. The average molecular weight is 662 g/mol. The molecular weight excluding hydrogens is 622 g/mol. The molecule has 0 unspecified atom stereocenters. The summed E-state index contributed by atoms with van der Waals surface area (Å²) >= 11 is 6.57. The highest BCUT2D eigenvalue weighted by atomic mass is 35.5. The number of allylic oxidation sites excluding steroid dienone is 1. The van der Waals surface area contributed by atoms with Crippen LogP contribution in [-0.2, 0) is 28.7 Å². The van der Waals surface area contributed by atoms with Gasteiger partial charge in [0.1, 0.15) is 18.2 Å². The molecule has 248 valence electrons. The lowest BCUT2D eigenvalue weighted by molar-refractivity contribution is -0.147. The number of likely N-dealkylation sites (tertiary alicyclic amines) is 1. The van der Waals surface area contributed by atoms with E-state index in [4.69, 9.17) is 21.1 Å². The number of hydrogen-bond acceptors (Lipinski definition) is 7. The van der Waals surface area contributed by atoms with Gasteiger partial charge in [0.05, 0.1) is 47.3 Å². The lowest BCUT2D eigenvalue weighted by atomic mass is 9.77. The van der Waals surface area contributed by atoms with E-state index in [1.807, 2.05) is 44.2 Å². The number of carbonyl (C=O) groups is 4. The second-order valence-corrected chi connectivity index (χ2v) is 13.4. The van der Waals surface area contributed by atoms with E-state index in [2.05, 4.69) is 5.32 Å². The number of aliphatic hydroxyl groups is 1. The maximum Gasteiger partial charge on any atom is 0.306 e. The monoisotopic (exact) mass is 661 g/mol. The maximum atomic E-state index is 14.8. The van der Waals surface area contributed by atoms with Gasteiger partial charge in [-0.25, -0.2) is 0 Å². The predicted molar refractivity (Wildman–Crippen MR) is 175 cm³/mol. The number of carbonyl (C=O) groups excluding carboxylic acids is 4. The largest absolute Gasteiger partial charge is 0.463 e. The molecule has 10 nitrogen and oxygen atoms in total. The lowest BCUT2D eigenvalue weighted by Crippen LogP contribution is -2.58. The molecule has 6 rings (SSSR count). The van der Waals surface area contributed by atoms with Crippen LogP contribution in [0.2, 0.25) is 5.02 Å². The molecule has 0 aliphatic carbocycles. The van der Waals surface area contributed by atoms with Gasteiger partial charge in [-0.1, -0.05) is 92.2 Å². The van der Waals surface area contributed by atoms with Crippen molar-refractivity contribution in [2.75, 3.05) is 24.7 Å². The zero-order valence-electron chi connectivity index (χ0n) is 26.5. The number of benzene rings is 2. The Kier molecular flexibility index (Phi) is 9.55. The van der Waals surface area contributed by atoms with E-state index in [0.29, 0.717) is 23.6 Å². The van der Waals surface area contributed by atoms with E-state index in [9.17, 15) is 24.3 Å². The van der Waals surface area contributed by atoms with Crippen molar-refractivity contribution in [2.24, 2.45) is 17.8 Å². The van der Waals surface area contributed by atoms with Crippen LogP contribution in [0, 0.1) is 17.8 Å². The van der Waals surface area contributed by atoms with Crippen LogP contribution in [0.1, 0.15) is 44.7 Å². The van der Waals surface area contributed by atoms with Crippen molar-refractivity contribution < 1.29 is 33.8 Å². The first-order valence-corrected chi connectivity index (χ1v) is 16.6. The third-order valence-corrected chi connectivity index (χ3v) is 9.82. The van der Waals surface area contributed by atoms with Crippen molar-refractivity contribution in [3.8, 4) is 0 Å². The fourth-order valence-corrected chi connectivity index (χ4v) is 7.72. The van der Waals surface area contributed by atoms with Crippen molar-refractivity contribution in [3.63, 3.8) is 0 Å². The van der Waals surface area contributed by atoms with Crippen LogP contribution in [0.25, 0.3) is 0 Å². The van der Waals surface area contributed by atoms with Crippen molar-refractivity contribution in [2.45, 2.75) is 62.9 Å². The number of hydrogen-bond donors (Lipinski definition) is 2. The number of ether oxygens (including phenoxy) is 2. The first-order chi connectivity index (χ1) is 22.7. The number of para-hydroxylation sites is 1. The van der Waals surface area contributed by atoms with Crippen LogP contribution in [0.4, 0.5) is 5.69 Å². The molecule has 2 N–H and O–H groups in total. The van der Waals surface area contributed by atoms with Gasteiger partial charge in [0.2, 0.25) is 11.8 Å². The van der Waals surface area contributed by atoms with E-state index in [-0.39, 0.29) is 32.1 Å². The summed E-state index contributed by atoms with van der Waals surface area (Å²) in [7, 11) is 0. The lowest BCUT2D eigenvalue weighted by Gasteiger charge is -2.39. The van der Waals surface area contributed by atoms with Gasteiger partial charge in [0.25, 0.3) is 5.91 Å². The average Bonchev–Trinajstić information content (AvgIpc) is 3.45. The summed E-state index contributed by atoms with van der Waals surface area (Å²) in [5.74, 6) is -3.69. The highest BCUT2D eigenvalue weighted by Crippen LogP contribution is 2.54. The molecule has 0 bridgehead atoms. The van der Waals surface area contributed by atoms with Crippen LogP contribution >= 0.6 is 11.6 Å². The molecule has 47 heavy (non-hydrogen) atoms. The molecule has 1 spiro atoms. The summed E-state index contributed by atoms with van der Waals surface area (Å²) in [5, 5.41) is 14.0. The normalized spacial score (nSPS) is 30.8. The highest BCUT2D eigenvalue weighted by Gasteiger charge is 2.72. The van der Waals surface area contributed by atoms with Crippen LogP contribution in [-0.4, -0.2) is 77.2 Å². The Balaban J connectivity index is 1.47. The molecule has 4 aliphatic rings. The zero-order chi connectivity index (χ0) is 33.3. The molecule has 0 radical (unpaired) electrons. The molecule has 2 saturated heterocycles. The number of halogens is 1. The molecule has 4 aliphatic heterocycles. The number of nitrogens with zero attached hydrogens (tertiary/aromatic N) is 2. The molecular formula is C36H40ClN3O7. The van der Waals surface area contributed by atoms with Gasteiger partial charge >= 0.3 is 5.97 Å². The minimum absolute atomic E-state index is 0.0821. The number of aliphatic hydroxyl groups excluding tert-OH is 1. The number of anilines is 1. The van der Waals surface area contributed by atoms with E-state index >= 15 is 0 Å². The quantitative estimate of drug-likeness (QED) is 0.354. The van der Waals surface area contributed by atoms with E-state index in [1.54, 1.807) is 48.6 Å². The van der Waals surface area contributed by atoms with Crippen LogP contribution in [0.3, 0.4) is 0 Å². The van der Waals surface area contributed by atoms with Gasteiger partial charge in [-0.05, 0) is 36.5 Å². The first kappa shape index (κ1) is 32.9. The van der Waals surface area contributed by atoms with E-state index in [0.717, 1.165) is 5.56 Å². The minimum Gasteiger partial charge on any atom is -0.463 e. The minimum atomic E-state index is -1.51. The third-order valence-electron chi connectivity index (χ3n) is 9.50. The molecule has 2 fully saturated rings. The Morgan fingerprint density at radius 3 is 2.49 bits per heavy atom. The molecule has 0 saturated carbocycles. The van der Waals surface area contributed by atoms with Crippen molar-refractivity contribution in [1.82, 2.24) is 10.2 Å². The summed E-state index contributed by atoms with van der Waals surface area (Å²) in [4.78, 5) is 59.5. The number of esters is 1. The van der Waals surface area contributed by atoms with Crippen molar-refractivity contribution in [1.29, 1.82) is 0 Å². The maximum absolute atomic E-state index is 14.8. The second kappa shape index (κ2) is 13.6. The Bertz CT molecular complexity index is 1580. The smallest absolute Gasteiger partial charge is 0.306 e. The summed E-state index contributed by atoms with van der Waals surface area (Å²) in [6, 6.07) is 13.6. The standard InChI is InChI=1S/C36H40ClN3O7/c1-22(2)19-24(20-41)40-32-35(45)39(27-14-7-6-13-25(27)37)18-10-17-36(32)31(34(40)44)30-28(47-36)15-8-9-16-29(42)46-21-26(38-33(30)43)23-11-4-3-5-12-23/h3-8,10-15,17,22,24,26,28,30-32,41H,9,16,18-21H2,1-2H3,(H,38,43)/b15-8-/t24-,26-,28+,30-,31-,32+,36-/m1/s1. The zero-order valence-corrected chi connectivity index (χ0v) is 27.2. The molecule has 3 amide bonds. The number of amides is 3. The number of fused-ring (bicyclic) bond motifs is 2. The van der Waals surface area contributed by atoms with Gasteiger partial charge in [-0.3, -0.25) is 19.2 Å². The first-order valence-electron chi connectivity index (χ1n) is 16.2. The molecule has 2 aromatic carbocycles. The molecule has 7 atom stereocenters. The van der Waals surface area contributed by atoms with E-state index < -0.39 is 65.4 Å². The highest BCUT2D eigenvalue weighted by molar-refractivity contribution is 6.34. The number of rotatable bonds is 6. The third kappa shape index (κ3) is 6.10. The molecule has 4 heterocycles. The van der Waals surface area contributed by atoms with Crippen molar-refractivity contribution >= 4 is 41.0 Å². The Morgan fingerprint density at radius 1 is 1.02 bits per heavy atom. The Morgan fingerprint density at radius 2 is 1.77 bits per heavy atom. The van der Waals surface area contributed by atoms with Crippen molar-refractivity contribution in [3.05, 3.63) is 89.5 Å². The van der Waals surface area contributed by atoms with Gasteiger partial charge in [0, 0.05) is 13.0 Å². The number of cyclic esters (lactones) is 1. The summed E-state index contributed by atoms with van der Waals surface area (Å²) in [6.07, 6.45) is 7.05. The molecule has 2 aromatic rings. The Hall–Kier alpha value is -3.99. The van der Waals surface area contributed by atoms with Gasteiger partial charge in [0.15, 0.2) is 0 Å². The molecule has 11 heteroatoms. The van der Waals surface area contributed by atoms with E-state index in [1.165, 1.54) is 9.80 Å². The van der Waals surface area contributed by atoms with Gasteiger partial charge < -0.3 is 29.7 Å². The number of nitrogens with one attached hydrogen (secondary N) is 1. The SMILES string of the molecule is CC(C)C[C@H](CO)N1C(=O)[C@H]2[C@@H]3C(=O)N[C@@H](c4ccccc4)COC(=O)CC/C=C\[C@@H]3O[C@]23C=CCN(c2ccccc2Cl)C(=O)[C@H]13. The molecule has 0 aromatic heterocycles. The van der Waals surface area contributed by atoms with Crippen LogP contribution < -0.4 is 10.2 Å². The fourth-order valence-electron chi connectivity index (χ4n) is 7.48. The topological polar surface area (TPSA) is 125 Å².